The van der Waals surface area contributed by atoms with Crippen molar-refractivity contribution in [3.8, 4) is 11.5 Å². The highest BCUT2D eigenvalue weighted by molar-refractivity contribution is 9.10. The molecule has 0 aromatic heterocycles. The number of benzene rings is 1. The molecule has 0 aliphatic rings. The topological polar surface area (TPSA) is 84.9 Å². The van der Waals surface area contributed by atoms with Gasteiger partial charge in [0.2, 0.25) is 10.0 Å². The van der Waals surface area contributed by atoms with E-state index in [-0.39, 0.29) is 17.3 Å². The average Bonchev–Trinajstić information content (AvgIpc) is 2.44. The third kappa shape index (κ3) is 3.85. The van der Waals surface area contributed by atoms with Crippen molar-refractivity contribution in [2.75, 3.05) is 20.8 Å². The molecule has 20 heavy (non-hydrogen) atoms. The maximum atomic E-state index is 12.3. The Hall–Kier alpha value is -0.830. The van der Waals surface area contributed by atoms with Crippen molar-refractivity contribution in [1.82, 2.24) is 4.72 Å². The third-order valence-corrected chi connectivity index (χ3v) is 4.92. The second-order valence-electron chi connectivity index (χ2n) is 4.05. The molecule has 1 unspecified atom stereocenters. The van der Waals surface area contributed by atoms with Crippen LogP contribution in [0.3, 0.4) is 0 Å². The van der Waals surface area contributed by atoms with E-state index >= 15 is 0 Å². The lowest BCUT2D eigenvalue weighted by atomic mass is 10.3. The zero-order valence-corrected chi connectivity index (χ0v) is 13.9. The summed E-state index contributed by atoms with van der Waals surface area (Å²) in [6.07, 6.45) is 0.478. The molecule has 1 rings (SSSR count). The highest BCUT2D eigenvalue weighted by Crippen LogP contribution is 2.35. The number of methoxy groups -OCH3 is 2. The molecule has 0 amide bonds. The van der Waals surface area contributed by atoms with Crippen molar-refractivity contribution in [3.05, 3.63) is 16.6 Å². The molecule has 8 heteroatoms. The molecule has 0 radical (unpaired) electrons. The van der Waals surface area contributed by atoms with Crippen LogP contribution < -0.4 is 14.2 Å². The first-order chi connectivity index (χ1) is 9.39. The molecule has 0 fully saturated rings. The molecular formula is C12H18BrNO5S. The van der Waals surface area contributed by atoms with E-state index in [2.05, 4.69) is 20.7 Å². The van der Waals surface area contributed by atoms with E-state index in [0.717, 1.165) is 0 Å². The third-order valence-electron chi connectivity index (χ3n) is 2.76. The van der Waals surface area contributed by atoms with Gasteiger partial charge in [-0.3, -0.25) is 0 Å². The standard InChI is InChI=1S/C12H18BrNO5S/c1-4-8(7-15)14-20(16,17)12-6-10(18-2)9(13)5-11(12)19-3/h5-6,8,14-15H,4,7H2,1-3H3. The molecule has 0 aliphatic carbocycles. The molecule has 0 saturated heterocycles. The Morgan fingerprint density at radius 3 is 2.35 bits per heavy atom. The smallest absolute Gasteiger partial charge is 0.244 e. The number of aliphatic hydroxyl groups excluding tert-OH is 1. The first-order valence-corrected chi connectivity index (χ1v) is 8.21. The lowest BCUT2D eigenvalue weighted by Gasteiger charge is -2.17. The number of hydrogen-bond acceptors (Lipinski definition) is 5. The van der Waals surface area contributed by atoms with Gasteiger partial charge in [0.25, 0.3) is 0 Å². The molecule has 1 aromatic rings. The van der Waals surface area contributed by atoms with Crippen molar-refractivity contribution in [1.29, 1.82) is 0 Å². The second kappa shape index (κ2) is 7.26. The number of sulfonamides is 1. The Morgan fingerprint density at radius 1 is 1.30 bits per heavy atom. The highest BCUT2D eigenvalue weighted by atomic mass is 79.9. The summed E-state index contributed by atoms with van der Waals surface area (Å²) >= 11 is 3.27. The Balaban J connectivity index is 3.29. The van der Waals surface area contributed by atoms with Crippen LogP contribution in [0, 0.1) is 0 Å². The van der Waals surface area contributed by atoms with Crippen LogP contribution in [0.4, 0.5) is 0 Å². The van der Waals surface area contributed by atoms with E-state index in [1.165, 1.54) is 26.4 Å². The van der Waals surface area contributed by atoms with Crippen molar-refractivity contribution in [2.45, 2.75) is 24.3 Å². The first kappa shape index (κ1) is 17.2. The van der Waals surface area contributed by atoms with Gasteiger partial charge in [-0.2, -0.15) is 0 Å². The molecule has 0 bridgehead atoms. The van der Waals surface area contributed by atoms with Gasteiger partial charge in [-0.1, -0.05) is 6.92 Å². The van der Waals surface area contributed by atoms with Crippen molar-refractivity contribution in [3.63, 3.8) is 0 Å². The highest BCUT2D eigenvalue weighted by Gasteiger charge is 2.24. The van der Waals surface area contributed by atoms with Crippen LogP contribution in [-0.4, -0.2) is 40.4 Å². The molecule has 0 heterocycles. The lowest BCUT2D eigenvalue weighted by molar-refractivity contribution is 0.253. The van der Waals surface area contributed by atoms with E-state index in [0.29, 0.717) is 16.6 Å². The fourth-order valence-electron chi connectivity index (χ4n) is 1.58. The predicted octanol–water partition coefficient (Wildman–Crippen LogP) is 1.52. The van der Waals surface area contributed by atoms with Gasteiger partial charge in [0, 0.05) is 12.1 Å². The molecule has 2 N–H and O–H groups in total. The zero-order valence-electron chi connectivity index (χ0n) is 11.5. The normalized spacial score (nSPS) is 13.1. The van der Waals surface area contributed by atoms with Gasteiger partial charge in [-0.15, -0.1) is 0 Å². The van der Waals surface area contributed by atoms with Gasteiger partial charge in [-0.05, 0) is 28.4 Å². The van der Waals surface area contributed by atoms with Crippen LogP contribution in [-0.2, 0) is 10.0 Å². The van der Waals surface area contributed by atoms with Crippen LogP contribution in [0.5, 0.6) is 11.5 Å². The molecule has 0 saturated carbocycles. The van der Waals surface area contributed by atoms with Crippen LogP contribution in [0.15, 0.2) is 21.5 Å². The van der Waals surface area contributed by atoms with Crippen LogP contribution >= 0.6 is 15.9 Å². The summed E-state index contributed by atoms with van der Waals surface area (Å²) < 4.78 is 37.9. The number of rotatable bonds is 7. The van der Waals surface area contributed by atoms with Gasteiger partial charge in [0.1, 0.15) is 16.4 Å². The summed E-state index contributed by atoms with van der Waals surface area (Å²) in [5.41, 5.74) is 0. The molecule has 0 spiro atoms. The van der Waals surface area contributed by atoms with E-state index in [9.17, 15) is 8.42 Å². The molecule has 114 valence electrons. The van der Waals surface area contributed by atoms with Crippen molar-refractivity contribution in [2.24, 2.45) is 0 Å². The number of hydrogen-bond donors (Lipinski definition) is 2. The van der Waals surface area contributed by atoms with Gasteiger partial charge >= 0.3 is 0 Å². The maximum Gasteiger partial charge on any atom is 0.244 e. The van der Waals surface area contributed by atoms with Gasteiger partial charge in [0.15, 0.2) is 0 Å². The van der Waals surface area contributed by atoms with Crippen molar-refractivity contribution < 1.29 is 23.0 Å². The molecular weight excluding hydrogens is 350 g/mol. The summed E-state index contributed by atoms with van der Waals surface area (Å²) in [6.45, 7) is 1.51. The number of ether oxygens (including phenoxy) is 2. The number of nitrogens with one attached hydrogen (secondary N) is 1. The molecule has 1 aromatic carbocycles. The first-order valence-electron chi connectivity index (χ1n) is 5.94. The largest absolute Gasteiger partial charge is 0.496 e. The fourth-order valence-corrected chi connectivity index (χ4v) is 3.54. The lowest BCUT2D eigenvalue weighted by Crippen LogP contribution is -2.37. The SMILES string of the molecule is CCC(CO)NS(=O)(=O)c1cc(OC)c(Br)cc1OC. The van der Waals surface area contributed by atoms with Crippen molar-refractivity contribution >= 4 is 26.0 Å². The Bertz CT molecular complexity index is 557. The Kier molecular flexibility index (Phi) is 6.25. The van der Waals surface area contributed by atoms with Gasteiger partial charge in [-0.25, -0.2) is 13.1 Å². The van der Waals surface area contributed by atoms with E-state index < -0.39 is 16.1 Å². The number of aliphatic hydroxyl groups is 1. The average molecular weight is 368 g/mol. The van der Waals surface area contributed by atoms with Gasteiger partial charge < -0.3 is 14.6 Å². The van der Waals surface area contributed by atoms with Crippen LogP contribution in [0.25, 0.3) is 0 Å². The summed E-state index contributed by atoms with van der Waals surface area (Å²) in [4.78, 5) is -0.0352. The van der Waals surface area contributed by atoms with Crippen LogP contribution in [0.2, 0.25) is 0 Å². The van der Waals surface area contributed by atoms with E-state index in [1.807, 2.05) is 0 Å². The quantitative estimate of drug-likeness (QED) is 0.762. The minimum absolute atomic E-state index is 0.0352. The maximum absolute atomic E-state index is 12.3. The number of halogens is 1. The van der Waals surface area contributed by atoms with Crippen LogP contribution in [0.1, 0.15) is 13.3 Å². The molecule has 0 aliphatic heterocycles. The summed E-state index contributed by atoms with van der Waals surface area (Å²) in [6, 6.07) is 2.35. The van der Waals surface area contributed by atoms with Gasteiger partial charge in [0.05, 0.1) is 25.3 Å². The monoisotopic (exact) mass is 367 g/mol. The Morgan fingerprint density at radius 2 is 1.90 bits per heavy atom. The minimum atomic E-state index is -3.81. The summed E-state index contributed by atoms with van der Waals surface area (Å²) in [5, 5.41) is 9.12. The zero-order chi connectivity index (χ0) is 15.3. The fraction of sp³-hybridized carbons (Fsp3) is 0.500. The summed E-state index contributed by atoms with van der Waals surface area (Å²) in [7, 11) is -0.983. The minimum Gasteiger partial charge on any atom is -0.496 e. The molecule has 6 nitrogen and oxygen atoms in total. The molecule has 1 atom stereocenters. The van der Waals surface area contributed by atoms with E-state index in [4.69, 9.17) is 14.6 Å². The summed E-state index contributed by atoms with van der Waals surface area (Å²) in [5.74, 6) is 0.571. The predicted molar refractivity (Wildman–Crippen MR) is 78.7 cm³/mol. The second-order valence-corrected chi connectivity index (χ2v) is 6.58. The van der Waals surface area contributed by atoms with E-state index in [1.54, 1.807) is 6.92 Å². The Labute approximate surface area is 127 Å².